The maximum Gasteiger partial charge on any atom is 0.255 e. The standard InChI is InChI=1S/C25H31N3O4S/c1-33(31,32)16-13-23(28-18-20-9-5-6-10-22(20)25(28)30)24(29)26-21-11-14-27(15-12-21)17-19-7-3-2-4-8-19/h2-10,21,23H,11-18H2,1H3,(H,26,29)/t23-/m1/s1. The highest BCUT2D eigenvalue weighted by Crippen LogP contribution is 2.26. The largest absolute Gasteiger partial charge is 0.351 e. The highest BCUT2D eigenvalue weighted by Gasteiger charge is 2.37. The molecule has 1 saturated heterocycles. The lowest BCUT2D eigenvalue weighted by molar-refractivity contribution is -0.126. The number of hydrogen-bond donors (Lipinski definition) is 1. The van der Waals surface area contributed by atoms with Gasteiger partial charge in [-0.25, -0.2) is 8.42 Å². The third-order valence-corrected chi connectivity index (χ3v) is 7.45. The Hall–Kier alpha value is -2.71. The summed E-state index contributed by atoms with van der Waals surface area (Å²) in [6.45, 7) is 2.97. The van der Waals surface area contributed by atoms with Crippen molar-refractivity contribution in [3.63, 3.8) is 0 Å². The predicted molar refractivity (Wildman–Crippen MR) is 127 cm³/mol. The second-order valence-corrected chi connectivity index (χ2v) is 11.3. The van der Waals surface area contributed by atoms with E-state index in [-0.39, 0.29) is 30.0 Å². The average molecular weight is 470 g/mol. The number of hydrogen-bond acceptors (Lipinski definition) is 5. The summed E-state index contributed by atoms with van der Waals surface area (Å²) >= 11 is 0. The van der Waals surface area contributed by atoms with Gasteiger partial charge in [0.1, 0.15) is 15.9 Å². The van der Waals surface area contributed by atoms with Crippen molar-refractivity contribution in [1.29, 1.82) is 0 Å². The van der Waals surface area contributed by atoms with Gasteiger partial charge < -0.3 is 10.2 Å². The minimum Gasteiger partial charge on any atom is -0.351 e. The molecule has 33 heavy (non-hydrogen) atoms. The van der Waals surface area contributed by atoms with Gasteiger partial charge in [0.2, 0.25) is 5.91 Å². The first kappa shape index (κ1) is 23.4. The smallest absolute Gasteiger partial charge is 0.255 e. The second-order valence-electron chi connectivity index (χ2n) is 9.07. The molecule has 0 spiro atoms. The highest BCUT2D eigenvalue weighted by atomic mass is 32.2. The molecule has 1 atom stereocenters. The van der Waals surface area contributed by atoms with Crippen LogP contribution in [0.15, 0.2) is 54.6 Å². The van der Waals surface area contributed by atoms with Crippen molar-refractivity contribution in [3.8, 4) is 0 Å². The zero-order valence-electron chi connectivity index (χ0n) is 18.9. The van der Waals surface area contributed by atoms with Crippen LogP contribution in [0.5, 0.6) is 0 Å². The van der Waals surface area contributed by atoms with Crippen molar-refractivity contribution in [2.45, 2.75) is 44.4 Å². The van der Waals surface area contributed by atoms with Gasteiger partial charge in [0.25, 0.3) is 5.91 Å². The molecule has 0 saturated carbocycles. The molecule has 1 fully saturated rings. The molecule has 4 rings (SSSR count). The van der Waals surface area contributed by atoms with Crippen LogP contribution in [0.1, 0.15) is 40.7 Å². The lowest BCUT2D eigenvalue weighted by Gasteiger charge is -2.34. The summed E-state index contributed by atoms with van der Waals surface area (Å²) in [6, 6.07) is 16.8. The summed E-state index contributed by atoms with van der Waals surface area (Å²) in [5, 5.41) is 3.11. The van der Waals surface area contributed by atoms with Gasteiger partial charge in [0.05, 0.1) is 5.75 Å². The molecule has 2 aliphatic rings. The average Bonchev–Trinajstić information content (AvgIpc) is 3.12. The Balaban J connectivity index is 1.38. The molecule has 2 aromatic carbocycles. The number of piperidine rings is 1. The van der Waals surface area contributed by atoms with Crippen molar-refractivity contribution in [3.05, 3.63) is 71.3 Å². The van der Waals surface area contributed by atoms with Crippen molar-refractivity contribution in [2.75, 3.05) is 25.1 Å². The van der Waals surface area contributed by atoms with Crippen LogP contribution >= 0.6 is 0 Å². The highest BCUT2D eigenvalue weighted by molar-refractivity contribution is 7.90. The van der Waals surface area contributed by atoms with Crippen LogP contribution in [0.25, 0.3) is 0 Å². The third-order valence-electron chi connectivity index (χ3n) is 6.47. The van der Waals surface area contributed by atoms with E-state index in [1.54, 1.807) is 12.1 Å². The maximum absolute atomic E-state index is 13.3. The number of nitrogens with one attached hydrogen (secondary N) is 1. The summed E-state index contributed by atoms with van der Waals surface area (Å²) in [6.07, 6.45) is 2.90. The number of benzene rings is 2. The second kappa shape index (κ2) is 10.1. The zero-order chi connectivity index (χ0) is 23.4. The Morgan fingerprint density at radius 2 is 1.73 bits per heavy atom. The van der Waals surface area contributed by atoms with Crippen LogP contribution in [0.2, 0.25) is 0 Å². The fourth-order valence-corrected chi connectivity index (χ4v) is 5.31. The van der Waals surface area contributed by atoms with Gasteiger partial charge in [-0.2, -0.15) is 0 Å². The lowest BCUT2D eigenvalue weighted by atomic mass is 10.0. The van der Waals surface area contributed by atoms with E-state index >= 15 is 0 Å². The SMILES string of the molecule is CS(=O)(=O)CC[C@H](C(=O)NC1CCN(Cc2ccccc2)CC1)N1Cc2ccccc2C1=O. The molecule has 0 bridgehead atoms. The van der Waals surface area contributed by atoms with Gasteiger partial charge in [-0.3, -0.25) is 14.5 Å². The number of nitrogens with zero attached hydrogens (tertiary/aromatic N) is 2. The molecule has 2 amide bonds. The van der Waals surface area contributed by atoms with E-state index in [1.807, 2.05) is 30.3 Å². The van der Waals surface area contributed by atoms with Crippen molar-refractivity contribution in [1.82, 2.24) is 15.1 Å². The summed E-state index contributed by atoms with van der Waals surface area (Å²) in [5.41, 5.74) is 2.73. The minimum absolute atomic E-state index is 0.0188. The molecule has 2 aromatic rings. The van der Waals surface area contributed by atoms with E-state index < -0.39 is 15.9 Å². The van der Waals surface area contributed by atoms with Crippen LogP contribution in [0.3, 0.4) is 0 Å². The van der Waals surface area contributed by atoms with Crippen molar-refractivity contribution < 1.29 is 18.0 Å². The van der Waals surface area contributed by atoms with E-state index in [0.717, 1.165) is 44.3 Å². The van der Waals surface area contributed by atoms with E-state index in [2.05, 4.69) is 22.3 Å². The van der Waals surface area contributed by atoms with Crippen LogP contribution in [0, 0.1) is 0 Å². The zero-order valence-corrected chi connectivity index (χ0v) is 19.8. The Morgan fingerprint density at radius 1 is 1.06 bits per heavy atom. The van der Waals surface area contributed by atoms with E-state index in [4.69, 9.17) is 0 Å². The molecule has 8 heteroatoms. The first-order valence-corrected chi connectivity index (χ1v) is 13.5. The monoisotopic (exact) mass is 469 g/mol. The third kappa shape index (κ3) is 6.00. The predicted octanol–water partition coefficient (Wildman–Crippen LogP) is 2.23. The molecule has 2 aliphatic heterocycles. The first-order chi connectivity index (χ1) is 15.8. The lowest BCUT2D eigenvalue weighted by Crippen LogP contribution is -2.52. The van der Waals surface area contributed by atoms with Gasteiger partial charge in [0.15, 0.2) is 0 Å². The molecule has 1 N–H and O–H groups in total. The first-order valence-electron chi connectivity index (χ1n) is 11.4. The molecule has 176 valence electrons. The van der Waals surface area contributed by atoms with Gasteiger partial charge in [-0.05, 0) is 36.5 Å². The fraction of sp³-hybridized carbons (Fsp3) is 0.440. The van der Waals surface area contributed by atoms with Gasteiger partial charge in [0, 0.05) is 44.0 Å². The van der Waals surface area contributed by atoms with E-state index in [0.29, 0.717) is 12.1 Å². The minimum atomic E-state index is -3.26. The number of carbonyl (C=O) groups excluding carboxylic acids is 2. The van der Waals surface area contributed by atoms with Crippen LogP contribution in [0.4, 0.5) is 0 Å². The number of carbonyl (C=O) groups is 2. The number of likely N-dealkylation sites (tertiary alicyclic amines) is 1. The molecular formula is C25H31N3O4S. The normalized spacial score (nSPS) is 18.2. The summed E-state index contributed by atoms with van der Waals surface area (Å²) in [7, 11) is -3.26. The van der Waals surface area contributed by atoms with E-state index in [9.17, 15) is 18.0 Å². The van der Waals surface area contributed by atoms with Crippen LogP contribution < -0.4 is 5.32 Å². The molecular weight excluding hydrogens is 438 g/mol. The van der Waals surface area contributed by atoms with Crippen molar-refractivity contribution >= 4 is 21.7 Å². The van der Waals surface area contributed by atoms with Gasteiger partial charge in [-0.1, -0.05) is 48.5 Å². The topological polar surface area (TPSA) is 86.8 Å². The Bertz CT molecular complexity index is 1100. The number of fused-ring (bicyclic) bond motifs is 1. The molecule has 0 aliphatic carbocycles. The summed E-state index contributed by atoms with van der Waals surface area (Å²) in [4.78, 5) is 30.1. The number of amides is 2. The fourth-order valence-electron chi connectivity index (χ4n) is 4.66. The Morgan fingerprint density at radius 3 is 2.39 bits per heavy atom. The quantitative estimate of drug-likeness (QED) is 0.641. The van der Waals surface area contributed by atoms with Crippen LogP contribution in [-0.2, 0) is 27.7 Å². The Labute approximate surface area is 195 Å². The van der Waals surface area contributed by atoms with E-state index in [1.165, 1.54) is 10.5 Å². The van der Waals surface area contributed by atoms with Gasteiger partial charge >= 0.3 is 0 Å². The van der Waals surface area contributed by atoms with Gasteiger partial charge in [-0.15, -0.1) is 0 Å². The molecule has 0 unspecified atom stereocenters. The molecule has 2 heterocycles. The molecule has 0 radical (unpaired) electrons. The molecule has 0 aromatic heterocycles. The van der Waals surface area contributed by atoms with Crippen LogP contribution in [-0.4, -0.2) is 67.2 Å². The summed E-state index contributed by atoms with van der Waals surface area (Å²) in [5.74, 6) is -0.612. The molecule has 7 nitrogen and oxygen atoms in total. The number of sulfone groups is 1. The van der Waals surface area contributed by atoms with Crippen molar-refractivity contribution in [2.24, 2.45) is 0 Å². The number of rotatable bonds is 8. The maximum atomic E-state index is 13.3. The Kier molecular flexibility index (Phi) is 7.14. The summed E-state index contributed by atoms with van der Waals surface area (Å²) < 4.78 is 23.6.